The van der Waals surface area contributed by atoms with Crippen molar-refractivity contribution < 1.29 is 19.1 Å². The quantitative estimate of drug-likeness (QED) is 0.783. The van der Waals surface area contributed by atoms with Crippen LogP contribution in [-0.4, -0.2) is 76.9 Å². The van der Waals surface area contributed by atoms with E-state index in [0.717, 1.165) is 5.56 Å². The molecule has 0 saturated carbocycles. The highest BCUT2D eigenvalue weighted by Gasteiger charge is 2.26. The van der Waals surface area contributed by atoms with Crippen molar-refractivity contribution in [2.75, 3.05) is 39.3 Å². The van der Waals surface area contributed by atoms with Crippen molar-refractivity contribution in [2.24, 2.45) is 0 Å². The Labute approximate surface area is 147 Å². The van der Waals surface area contributed by atoms with E-state index < -0.39 is 0 Å². The fraction of sp³-hybridized carbons (Fsp3) is 0.529. The van der Waals surface area contributed by atoms with Crippen LogP contribution in [0.25, 0.3) is 0 Å². The zero-order valence-electron chi connectivity index (χ0n) is 14.7. The van der Waals surface area contributed by atoms with Crippen LogP contribution in [0.1, 0.15) is 19.4 Å². The summed E-state index contributed by atoms with van der Waals surface area (Å²) in [5.74, 6) is -0.275. The lowest BCUT2D eigenvalue weighted by Gasteiger charge is -2.35. The highest BCUT2D eigenvalue weighted by atomic mass is 16.6. The minimum atomic E-state index is -0.349. The van der Waals surface area contributed by atoms with E-state index in [4.69, 9.17) is 4.74 Å². The standard InChI is InChI=1S/C17H24N4O4/c1-3-25-17(24)20-10-8-19(9-11-20)16(23)13-21(14(2)22)12-15-4-6-18-7-5-15/h4-7H,3,8-13H2,1-2H3. The molecule has 2 rings (SSSR count). The maximum Gasteiger partial charge on any atom is 0.409 e. The lowest BCUT2D eigenvalue weighted by atomic mass is 10.2. The Morgan fingerprint density at radius 3 is 2.28 bits per heavy atom. The van der Waals surface area contributed by atoms with Crippen LogP contribution in [0.2, 0.25) is 0 Å². The third-order valence-electron chi connectivity index (χ3n) is 4.05. The number of aromatic nitrogens is 1. The first-order valence-corrected chi connectivity index (χ1v) is 8.35. The molecule has 0 aliphatic carbocycles. The van der Waals surface area contributed by atoms with Gasteiger partial charge in [-0.1, -0.05) is 0 Å². The molecule has 0 spiro atoms. The molecule has 25 heavy (non-hydrogen) atoms. The summed E-state index contributed by atoms with van der Waals surface area (Å²) in [5, 5.41) is 0. The number of hydrogen-bond acceptors (Lipinski definition) is 5. The molecule has 2 heterocycles. The Bertz CT molecular complexity index is 600. The molecule has 8 nitrogen and oxygen atoms in total. The van der Waals surface area contributed by atoms with Gasteiger partial charge in [-0.3, -0.25) is 14.6 Å². The van der Waals surface area contributed by atoms with Crippen molar-refractivity contribution in [1.82, 2.24) is 19.7 Å². The van der Waals surface area contributed by atoms with Crippen molar-refractivity contribution in [3.63, 3.8) is 0 Å². The second-order valence-corrected chi connectivity index (χ2v) is 5.80. The van der Waals surface area contributed by atoms with Crippen molar-refractivity contribution in [3.05, 3.63) is 30.1 Å². The molecule has 1 aliphatic rings. The number of nitrogens with zero attached hydrogens (tertiary/aromatic N) is 4. The number of carbonyl (C=O) groups excluding carboxylic acids is 3. The van der Waals surface area contributed by atoms with Crippen molar-refractivity contribution in [2.45, 2.75) is 20.4 Å². The van der Waals surface area contributed by atoms with Gasteiger partial charge in [0.25, 0.3) is 0 Å². The summed E-state index contributed by atoms with van der Waals surface area (Å²) in [6.07, 6.45) is 2.96. The fourth-order valence-electron chi connectivity index (χ4n) is 2.60. The monoisotopic (exact) mass is 348 g/mol. The number of pyridine rings is 1. The molecule has 0 bridgehead atoms. The SMILES string of the molecule is CCOC(=O)N1CCN(C(=O)CN(Cc2ccncc2)C(C)=O)CC1. The van der Waals surface area contributed by atoms with E-state index in [0.29, 0.717) is 39.3 Å². The van der Waals surface area contributed by atoms with E-state index in [-0.39, 0.29) is 24.5 Å². The lowest BCUT2D eigenvalue weighted by molar-refractivity contribution is -0.140. The van der Waals surface area contributed by atoms with Crippen LogP contribution in [-0.2, 0) is 20.9 Å². The normalized spacial score (nSPS) is 14.2. The van der Waals surface area contributed by atoms with Crippen LogP contribution < -0.4 is 0 Å². The van der Waals surface area contributed by atoms with E-state index in [1.807, 2.05) is 12.1 Å². The fourth-order valence-corrected chi connectivity index (χ4v) is 2.60. The first kappa shape index (κ1) is 18.7. The average Bonchev–Trinajstić information content (AvgIpc) is 2.62. The van der Waals surface area contributed by atoms with E-state index >= 15 is 0 Å². The molecule has 1 aromatic heterocycles. The summed E-state index contributed by atoms with van der Waals surface area (Å²) >= 11 is 0. The van der Waals surface area contributed by atoms with E-state index in [9.17, 15) is 14.4 Å². The minimum Gasteiger partial charge on any atom is -0.450 e. The smallest absolute Gasteiger partial charge is 0.409 e. The second kappa shape index (κ2) is 9.00. The van der Waals surface area contributed by atoms with Crippen molar-refractivity contribution in [3.8, 4) is 0 Å². The largest absolute Gasteiger partial charge is 0.450 e. The number of rotatable bonds is 5. The molecule has 0 aromatic carbocycles. The molecule has 3 amide bonds. The molecule has 8 heteroatoms. The maximum absolute atomic E-state index is 12.5. The summed E-state index contributed by atoms with van der Waals surface area (Å²) < 4.78 is 4.97. The first-order chi connectivity index (χ1) is 12.0. The van der Waals surface area contributed by atoms with E-state index in [1.165, 1.54) is 11.8 Å². The Morgan fingerprint density at radius 1 is 1.12 bits per heavy atom. The van der Waals surface area contributed by atoms with Crippen LogP contribution in [0.3, 0.4) is 0 Å². The molecule has 1 fully saturated rings. The summed E-state index contributed by atoms with van der Waals surface area (Å²) in [6, 6.07) is 3.64. The molecule has 136 valence electrons. The van der Waals surface area contributed by atoms with Gasteiger partial charge in [-0.2, -0.15) is 0 Å². The highest BCUT2D eigenvalue weighted by molar-refractivity contribution is 5.84. The first-order valence-electron chi connectivity index (χ1n) is 8.35. The molecule has 0 radical (unpaired) electrons. The number of amides is 3. The van der Waals surface area contributed by atoms with Gasteiger partial charge < -0.3 is 19.4 Å². The van der Waals surface area contributed by atoms with Crippen LogP contribution in [0, 0.1) is 0 Å². The Morgan fingerprint density at radius 2 is 1.72 bits per heavy atom. The van der Waals surface area contributed by atoms with Gasteiger partial charge in [0.2, 0.25) is 11.8 Å². The van der Waals surface area contributed by atoms with Crippen molar-refractivity contribution >= 4 is 17.9 Å². The van der Waals surface area contributed by atoms with Gasteiger partial charge in [0.15, 0.2) is 0 Å². The van der Waals surface area contributed by atoms with Crippen molar-refractivity contribution in [1.29, 1.82) is 0 Å². The molecular formula is C17H24N4O4. The van der Waals surface area contributed by atoms with Crippen LogP contribution in [0.4, 0.5) is 4.79 Å². The van der Waals surface area contributed by atoms with Gasteiger partial charge in [0, 0.05) is 52.0 Å². The summed E-state index contributed by atoms with van der Waals surface area (Å²) in [4.78, 5) is 44.8. The van der Waals surface area contributed by atoms with Gasteiger partial charge in [-0.15, -0.1) is 0 Å². The van der Waals surface area contributed by atoms with E-state index in [1.54, 1.807) is 29.1 Å². The van der Waals surface area contributed by atoms with E-state index in [2.05, 4.69) is 4.98 Å². The molecular weight excluding hydrogens is 324 g/mol. The number of hydrogen-bond donors (Lipinski definition) is 0. The average molecular weight is 348 g/mol. The van der Waals surface area contributed by atoms with Crippen LogP contribution >= 0.6 is 0 Å². The van der Waals surface area contributed by atoms with Gasteiger partial charge in [-0.25, -0.2) is 4.79 Å². The molecule has 0 N–H and O–H groups in total. The number of ether oxygens (including phenoxy) is 1. The van der Waals surface area contributed by atoms with Gasteiger partial charge >= 0.3 is 6.09 Å². The van der Waals surface area contributed by atoms with Crippen LogP contribution in [0.5, 0.6) is 0 Å². The predicted octanol–water partition coefficient (Wildman–Crippen LogP) is 0.731. The molecule has 1 aromatic rings. The lowest BCUT2D eigenvalue weighted by Crippen LogP contribution is -2.53. The Hall–Kier alpha value is -2.64. The third kappa shape index (κ3) is 5.44. The van der Waals surface area contributed by atoms with Crippen LogP contribution in [0.15, 0.2) is 24.5 Å². The zero-order valence-corrected chi connectivity index (χ0v) is 14.7. The second-order valence-electron chi connectivity index (χ2n) is 5.80. The molecule has 0 atom stereocenters. The zero-order chi connectivity index (χ0) is 18.2. The summed E-state index contributed by atoms with van der Waals surface area (Å²) in [5.41, 5.74) is 0.921. The molecule has 1 saturated heterocycles. The minimum absolute atomic E-state index is 0.0249. The summed E-state index contributed by atoms with van der Waals surface area (Å²) in [6.45, 7) is 5.70. The molecule has 1 aliphatic heterocycles. The third-order valence-corrected chi connectivity index (χ3v) is 4.05. The maximum atomic E-state index is 12.5. The summed E-state index contributed by atoms with van der Waals surface area (Å²) in [7, 11) is 0. The topological polar surface area (TPSA) is 83.1 Å². The number of carbonyl (C=O) groups is 3. The number of piperazine rings is 1. The van der Waals surface area contributed by atoms with Gasteiger partial charge in [0.1, 0.15) is 6.54 Å². The Kier molecular flexibility index (Phi) is 6.73. The predicted molar refractivity (Wildman–Crippen MR) is 90.5 cm³/mol. The highest BCUT2D eigenvalue weighted by Crippen LogP contribution is 2.08. The molecule has 0 unspecified atom stereocenters. The van der Waals surface area contributed by atoms with Gasteiger partial charge in [0.05, 0.1) is 6.61 Å². The Balaban J connectivity index is 1.87. The van der Waals surface area contributed by atoms with Gasteiger partial charge in [-0.05, 0) is 24.6 Å².